The predicted molar refractivity (Wildman–Crippen MR) is 76.7 cm³/mol. The maximum absolute atomic E-state index is 12.1. The Kier molecular flexibility index (Phi) is 5.16. The van der Waals surface area contributed by atoms with E-state index in [9.17, 15) is 9.59 Å². The molecule has 0 aromatic heterocycles. The Morgan fingerprint density at radius 3 is 2.86 bits per heavy atom. The van der Waals surface area contributed by atoms with Crippen molar-refractivity contribution >= 4 is 11.8 Å². The van der Waals surface area contributed by atoms with Crippen LogP contribution < -0.4 is 15.8 Å². The number of methoxy groups -OCH3 is 1. The Hall–Kier alpha value is -2.08. The first kappa shape index (κ1) is 15.3. The van der Waals surface area contributed by atoms with Crippen LogP contribution in [0.4, 0.5) is 0 Å². The molecule has 6 heteroatoms. The lowest BCUT2D eigenvalue weighted by atomic mass is 10.0. The number of nitrogens with two attached hydrogens (primary N) is 1. The molecule has 0 bridgehead atoms. The highest BCUT2D eigenvalue weighted by atomic mass is 16.5. The number of benzene rings is 1. The van der Waals surface area contributed by atoms with E-state index in [1.807, 2.05) is 18.2 Å². The van der Waals surface area contributed by atoms with E-state index < -0.39 is 11.9 Å². The smallest absolute Gasteiger partial charge is 0.240 e. The number of rotatable bonds is 6. The first-order chi connectivity index (χ1) is 10.1. The molecule has 0 spiro atoms. The SMILES string of the molecule is COc1ccccc1C[C@H](NC(=O)[C@H]1CCOC1)C(N)=O. The van der Waals surface area contributed by atoms with Crippen LogP contribution in [0.2, 0.25) is 0 Å². The zero-order valence-electron chi connectivity index (χ0n) is 12.0. The molecule has 1 aromatic carbocycles. The number of nitrogens with one attached hydrogen (secondary N) is 1. The van der Waals surface area contributed by atoms with Gasteiger partial charge in [-0.3, -0.25) is 9.59 Å². The molecule has 1 aliphatic heterocycles. The molecule has 2 amide bonds. The van der Waals surface area contributed by atoms with Gasteiger partial charge in [-0.05, 0) is 18.1 Å². The Morgan fingerprint density at radius 1 is 1.48 bits per heavy atom. The van der Waals surface area contributed by atoms with Gasteiger partial charge in [0.25, 0.3) is 0 Å². The summed E-state index contributed by atoms with van der Waals surface area (Å²) in [5, 5.41) is 2.71. The third kappa shape index (κ3) is 3.95. The van der Waals surface area contributed by atoms with Crippen molar-refractivity contribution in [2.75, 3.05) is 20.3 Å². The number of hydrogen-bond donors (Lipinski definition) is 2. The molecule has 1 heterocycles. The monoisotopic (exact) mass is 292 g/mol. The fourth-order valence-corrected chi connectivity index (χ4v) is 2.35. The summed E-state index contributed by atoms with van der Waals surface area (Å²) < 4.78 is 10.4. The van der Waals surface area contributed by atoms with Crippen LogP contribution >= 0.6 is 0 Å². The van der Waals surface area contributed by atoms with Crippen LogP contribution in [-0.4, -0.2) is 38.2 Å². The van der Waals surface area contributed by atoms with Crippen molar-refractivity contribution in [3.63, 3.8) is 0 Å². The van der Waals surface area contributed by atoms with Crippen molar-refractivity contribution in [3.8, 4) is 5.75 Å². The summed E-state index contributed by atoms with van der Waals surface area (Å²) in [5.74, 6) is -0.286. The van der Waals surface area contributed by atoms with Crippen LogP contribution in [0.25, 0.3) is 0 Å². The second-order valence-electron chi connectivity index (χ2n) is 5.04. The van der Waals surface area contributed by atoms with Gasteiger partial charge in [0.15, 0.2) is 0 Å². The van der Waals surface area contributed by atoms with Crippen LogP contribution in [0, 0.1) is 5.92 Å². The molecule has 0 saturated carbocycles. The van der Waals surface area contributed by atoms with Gasteiger partial charge < -0.3 is 20.5 Å². The molecule has 3 N–H and O–H groups in total. The summed E-state index contributed by atoms with van der Waals surface area (Å²) >= 11 is 0. The van der Waals surface area contributed by atoms with Gasteiger partial charge in [0, 0.05) is 13.0 Å². The van der Waals surface area contributed by atoms with Gasteiger partial charge in [-0.1, -0.05) is 18.2 Å². The number of hydrogen-bond acceptors (Lipinski definition) is 4. The maximum atomic E-state index is 12.1. The zero-order valence-corrected chi connectivity index (χ0v) is 12.0. The number of carbonyl (C=O) groups excluding carboxylic acids is 2. The highest BCUT2D eigenvalue weighted by Gasteiger charge is 2.27. The second kappa shape index (κ2) is 7.08. The normalized spacial score (nSPS) is 19.0. The Bertz CT molecular complexity index is 512. The van der Waals surface area contributed by atoms with Crippen molar-refractivity contribution in [2.24, 2.45) is 11.7 Å². The summed E-state index contributed by atoms with van der Waals surface area (Å²) in [6.45, 7) is 0.970. The summed E-state index contributed by atoms with van der Waals surface area (Å²) in [4.78, 5) is 23.7. The zero-order chi connectivity index (χ0) is 15.2. The van der Waals surface area contributed by atoms with E-state index in [2.05, 4.69) is 5.32 Å². The third-order valence-electron chi connectivity index (χ3n) is 3.58. The lowest BCUT2D eigenvalue weighted by Gasteiger charge is -2.18. The fraction of sp³-hybridized carbons (Fsp3) is 0.467. The quantitative estimate of drug-likeness (QED) is 0.786. The van der Waals surface area contributed by atoms with Gasteiger partial charge in [0.1, 0.15) is 11.8 Å². The molecule has 2 atom stereocenters. The second-order valence-corrected chi connectivity index (χ2v) is 5.04. The van der Waals surface area contributed by atoms with E-state index in [-0.39, 0.29) is 11.8 Å². The van der Waals surface area contributed by atoms with Gasteiger partial charge in [-0.2, -0.15) is 0 Å². The van der Waals surface area contributed by atoms with Crippen molar-refractivity contribution in [3.05, 3.63) is 29.8 Å². The molecule has 6 nitrogen and oxygen atoms in total. The van der Waals surface area contributed by atoms with Crippen molar-refractivity contribution < 1.29 is 19.1 Å². The van der Waals surface area contributed by atoms with E-state index in [0.29, 0.717) is 31.8 Å². The van der Waals surface area contributed by atoms with Crippen LogP contribution in [-0.2, 0) is 20.7 Å². The van der Waals surface area contributed by atoms with Gasteiger partial charge in [-0.15, -0.1) is 0 Å². The number of ether oxygens (including phenoxy) is 2. The third-order valence-corrected chi connectivity index (χ3v) is 3.58. The molecule has 2 rings (SSSR count). The standard InChI is InChI=1S/C15H20N2O4/c1-20-13-5-3-2-4-10(13)8-12(14(16)18)17-15(19)11-6-7-21-9-11/h2-5,11-12H,6-9H2,1H3,(H2,16,18)(H,17,19)/t11-,12-/m0/s1. The average molecular weight is 292 g/mol. The van der Waals surface area contributed by atoms with Crippen LogP contribution in [0.15, 0.2) is 24.3 Å². The molecule has 0 radical (unpaired) electrons. The van der Waals surface area contributed by atoms with Crippen LogP contribution in [0.5, 0.6) is 5.75 Å². The lowest BCUT2D eigenvalue weighted by molar-refractivity contribution is -0.129. The average Bonchev–Trinajstić information content (AvgIpc) is 3.01. The molecule has 1 saturated heterocycles. The highest BCUT2D eigenvalue weighted by molar-refractivity contribution is 5.88. The molecule has 1 aliphatic rings. The Balaban J connectivity index is 2.05. The minimum Gasteiger partial charge on any atom is -0.496 e. The van der Waals surface area contributed by atoms with E-state index in [1.165, 1.54) is 0 Å². The maximum Gasteiger partial charge on any atom is 0.240 e. The topological polar surface area (TPSA) is 90.7 Å². The van der Waals surface area contributed by atoms with Gasteiger partial charge in [0.05, 0.1) is 19.6 Å². The van der Waals surface area contributed by atoms with Crippen molar-refractivity contribution in [2.45, 2.75) is 18.9 Å². The predicted octanol–water partition coefficient (Wildman–Crippen LogP) is 0.244. The Morgan fingerprint density at radius 2 is 2.24 bits per heavy atom. The van der Waals surface area contributed by atoms with Crippen LogP contribution in [0.3, 0.4) is 0 Å². The number of primary amides is 1. The molecular formula is C15H20N2O4. The van der Waals surface area contributed by atoms with Crippen LogP contribution in [0.1, 0.15) is 12.0 Å². The molecule has 0 unspecified atom stereocenters. The minimum atomic E-state index is -0.755. The molecule has 1 aromatic rings. The molecule has 114 valence electrons. The summed E-state index contributed by atoms with van der Waals surface area (Å²) in [5.41, 5.74) is 6.22. The molecule has 21 heavy (non-hydrogen) atoms. The molecule has 0 aliphatic carbocycles. The van der Waals surface area contributed by atoms with Crippen molar-refractivity contribution in [1.82, 2.24) is 5.32 Å². The summed E-state index contributed by atoms with van der Waals surface area (Å²) in [6.07, 6.45) is 0.977. The minimum absolute atomic E-state index is 0.189. The largest absolute Gasteiger partial charge is 0.496 e. The first-order valence-electron chi connectivity index (χ1n) is 6.91. The van der Waals surface area contributed by atoms with E-state index in [0.717, 1.165) is 5.56 Å². The van der Waals surface area contributed by atoms with E-state index in [1.54, 1.807) is 13.2 Å². The number of amides is 2. The van der Waals surface area contributed by atoms with E-state index in [4.69, 9.17) is 15.2 Å². The lowest BCUT2D eigenvalue weighted by Crippen LogP contribution is -2.48. The number of para-hydroxylation sites is 1. The van der Waals surface area contributed by atoms with Crippen molar-refractivity contribution in [1.29, 1.82) is 0 Å². The fourth-order valence-electron chi connectivity index (χ4n) is 2.35. The number of carbonyl (C=O) groups is 2. The Labute approximate surface area is 123 Å². The van der Waals surface area contributed by atoms with Gasteiger partial charge in [-0.25, -0.2) is 0 Å². The summed E-state index contributed by atoms with van der Waals surface area (Å²) in [7, 11) is 1.56. The first-order valence-corrected chi connectivity index (χ1v) is 6.91. The van der Waals surface area contributed by atoms with E-state index >= 15 is 0 Å². The molecular weight excluding hydrogens is 272 g/mol. The summed E-state index contributed by atoms with van der Waals surface area (Å²) in [6, 6.07) is 6.59. The van der Waals surface area contributed by atoms with Gasteiger partial charge >= 0.3 is 0 Å². The highest BCUT2D eigenvalue weighted by Crippen LogP contribution is 2.19. The van der Waals surface area contributed by atoms with Gasteiger partial charge in [0.2, 0.25) is 11.8 Å². The molecule has 1 fully saturated rings.